The minimum Gasteiger partial charge on any atom is -0.397 e. The van der Waals surface area contributed by atoms with Crippen molar-refractivity contribution >= 4 is 17.3 Å². The fourth-order valence-electron chi connectivity index (χ4n) is 1.62. The standard InChI is InChI=1S/C12H19N3O/c1-4-7-15(3)11-8-9(12(16)14-2)5-6-10(11)13/h5-6,8H,4,7,13H2,1-3H3,(H,14,16). The highest BCUT2D eigenvalue weighted by Crippen LogP contribution is 2.23. The molecule has 0 fully saturated rings. The molecule has 4 heteroatoms. The molecule has 1 rings (SSSR count). The monoisotopic (exact) mass is 221 g/mol. The molecule has 16 heavy (non-hydrogen) atoms. The van der Waals surface area contributed by atoms with Crippen LogP contribution in [0.15, 0.2) is 18.2 Å². The topological polar surface area (TPSA) is 58.4 Å². The van der Waals surface area contributed by atoms with Gasteiger partial charge in [-0.3, -0.25) is 4.79 Å². The molecule has 0 aliphatic heterocycles. The van der Waals surface area contributed by atoms with Crippen molar-refractivity contribution in [3.8, 4) is 0 Å². The zero-order valence-corrected chi connectivity index (χ0v) is 10.1. The molecule has 1 aromatic rings. The third-order valence-electron chi connectivity index (χ3n) is 2.49. The van der Waals surface area contributed by atoms with E-state index in [1.807, 2.05) is 13.1 Å². The molecule has 0 unspecified atom stereocenters. The quantitative estimate of drug-likeness (QED) is 0.757. The van der Waals surface area contributed by atoms with E-state index in [9.17, 15) is 4.79 Å². The lowest BCUT2D eigenvalue weighted by molar-refractivity contribution is 0.0963. The van der Waals surface area contributed by atoms with E-state index < -0.39 is 0 Å². The van der Waals surface area contributed by atoms with Gasteiger partial charge in [0, 0.05) is 26.2 Å². The summed E-state index contributed by atoms with van der Waals surface area (Å²) in [7, 11) is 3.59. The Morgan fingerprint density at radius 3 is 2.75 bits per heavy atom. The number of nitrogen functional groups attached to an aromatic ring is 1. The molecule has 1 amide bonds. The number of nitrogens with one attached hydrogen (secondary N) is 1. The molecule has 0 aromatic heterocycles. The molecule has 0 saturated carbocycles. The van der Waals surface area contributed by atoms with E-state index >= 15 is 0 Å². The summed E-state index contributed by atoms with van der Waals surface area (Å²) in [5.41, 5.74) is 8.13. The number of benzene rings is 1. The van der Waals surface area contributed by atoms with Crippen LogP contribution in [0.3, 0.4) is 0 Å². The van der Waals surface area contributed by atoms with Gasteiger partial charge in [0.2, 0.25) is 0 Å². The number of amides is 1. The van der Waals surface area contributed by atoms with E-state index in [1.165, 1.54) is 0 Å². The van der Waals surface area contributed by atoms with Gasteiger partial charge in [0.05, 0.1) is 11.4 Å². The van der Waals surface area contributed by atoms with Crippen LogP contribution >= 0.6 is 0 Å². The summed E-state index contributed by atoms with van der Waals surface area (Å²) in [5.74, 6) is -0.0915. The van der Waals surface area contributed by atoms with Gasteiger partial charge in [0.1, 0.15) is 0 Å². The summed E-state index contributed by atoms with van der Waals surface area (Å²) in [6, 6.07) is 5.33. The highest BCUT2D eigenvalue weighted by atomic mass is 16.1. The minimum absolute atomic E-state index is 0.0915. The maximum Gasteiger partial charge on any atom is 0.251 e. The van der Waals surface area contributed by atoms with Gasteiger partial charge in [-0.25, -0.2) is 0 Å². The molecule has 1 aromatic carbocycles. The molecule has 0 bridgehead atoms. The van der Waals surface area contributed by atoms with Crippen molar-refractivity contribution in [3.05, 3.63) is 23.8 Å². The Labute approximate surface area is 96.4 Å². The van der Waals surface area contributed by atoms with Gasteiger partial charge in [-0.05, 0) is 24.6 Å². The Morgan fingerprint density at radius 2 is 2.19 bits per heavy atom. The lowest BCUT2D eigenvalue weighted by Gasteiger charge is -2.20. The number of rotatable bonds is 4. The Kier molecular flexibility index (Phi) is 4.17. The second-order valence-corrected chi connectivity index (χ2v) is 3.77. The van der Waals surface area contributed by atoms with Crippen LogP contribution in [0.2, 0.25) is 0 Å². The summed E-state index contributed by atoms with van der Waals surface area (Å²) in [6.07, 6.45) is 1.04. The summed E-state index contributed by atoms with van der Waals surface area (Å²) in [4.78, 5) is 13.5. The SMILES string of the molecule is CCCN(C)c1cc(C(=O)NC)ccc1N. The number of nitrogens with two attached hydrogens (primary N) is 1. The third-order valence-corrected chi connectivity index (χ3v) is 2.49. The predicted molar refractivity (Wildman–Crippen MR) is 67.8 cm³/mol. The van der Waals surface area contributed by atoms with Crippen LogP contribution in [-0.4, -0.2) is 26.5 Å². The van der Waals surface area contributed by atoms with E-state index in [1.54, 1.807) is 19.2 Å². The van der Waals surface area contributed by atoms with Crippen LogP contribution in [0.4, 0.5) is 11.4 Å². The van der Waals surface area contributed by atoms with Crippen molar-refractivity contribution in [3.63, 3.8) is 0 Å². The summed E-state index contributed by atoms with van der Waals surface area (Å²) < 4.78 is 0. The molecule has 3 N–H and O–H groups in total. The molecule has 0 spiro atoms. The highest BCUT2D eigenvalue weighted by Gasteiger charge is 2.09. The number of hydrogen-bond acceptors (Lipinski definition) is 3. The van der Waals surface area contributed by atoms with Gasteiger partial charge in [-0.1, -0.05) is 6.92 Å². The first-order chi connectivity index (χ1) is 7.60. The molecule has 0 radical (unpaired) electrons. The lowest BCUT2D eigenvalue weighted by atomic mass is 10.1. The van der Waals surface area contributed by atoms with Crippen molar-refractivity contribution in [2.24, 2.45) is 0 Å². The van der Waals surface area contributed by atoms with E-state index in [4.69, 9.17) is 5.73 Å². The fraction of sp³-hybridized carbons (Fsp3) is 0.417. The predicted octanol–water partition coefficient (Wildman–Crippen LogP) is 1.47. The summed E-state index contributed by atoms with van der Waals surface area (Å²) in [5, 5.41) is 2.60. The number of anilines is 2. The summed E-state index contributed by atoms with van der Waals surface area (Å²) >= 11 is 0. The first-order valence-electron chi connectivity index (χ1n) is 5.42. The maximum atomic E-state index is 11.5. The minimum atomic E-state index is -0.0915. The van der Waals surface area contributed by atoms with E-state index in [2.05, 4.69) is 17.1 Å². The van der Waals surface area contributed by atoms with Gasteiger partial charge in [0.15, 0.2) is 0 Å². The van der Waals surface area contributed by atoms with Crippen molar-refractivity contribution < 1.29 is 4.79 Å². The molecule has 0 aliphatic carbocycles. The van der Waals surface area contributed by atoms with E-state index in [-0.39, 0.29) is 5.91 Å². The number of carbonyl (C=O) groups excluding carboxylic acids is 1. The molecular formula is C12H19N3O. The molecule has 0 aliphatic rings. The first-order valence-corrected chi connectivity index (χ1v) is 5.42. The van der Waals surface area contributed by atoms with Gasteiger partial charge in [-0.2, -0.15) is 0 Å². The zero-order valence-electron chi connectivity index (χ0n) is 10.1. The molecule has 0 heterocycles. The van der Waals surface area contributed by atoms with Crippen LogP contribution in [-0.2, 0) is 0 Å². The van der Waals surface area contributed by atoms with Gasteiger partial charge >= 0.3 is 0 Å². The van der Waals surface area contributed by atoms with Gasteiger partial charge in [-0.15, -0.1) is 0 Å². The average Bonchev–Trinajstić information content (AvgIpc) is 2.29. The average molecular weight is 221 g/mol. The smallest absolute Gasteiger partial charge is 0.251 e. The normalized spacial score (nSPS) is 9.94. The van der Waals surface area contributed by atoms with Gasteiger partial charge < -0.3 is 16.0 Å². The molecular weight excluding hydrogens is 202 g/mol. The van der Waals surface area contributed by atoms with Crippen LogP contribution in [0, 0.1) is 0 Å². The Bertz CT molecular complexity index is 377. The lowest BCUT2D eigenvalue weighted by Crippen LogP contribution is -2.21. The maximum absolute atomic E-state index is 11.5. The second kappa shape index (κ2) is 5.39. The van der Waals surface area contributed by atoms with Crippen LogP contribution < -0.4 is 16.0 Å². The Hall–Kier alpha value is -1.71. The Balaban J connectivity index is 3.03. The summed E-state index contributed by atoms with van der Waals surface area (Å²) in [6.45, 7) is 3.02. The number of carbonyl (C=O) groups is 1. The zero-order chi connectivity index (χ0) is 12.1. The third kappa shape index (κ3) is 2.66. The number of hydrogen-bond donors (Lipinski definition) is 2. The van der Waals surface area contributed by atoms with Crippen LogP contribution in [0.5, 0.6) is 0 Å². The van der Waals surface area contributed by atoms with Gasteiger partial charge in [0.25, 0.3) is 5.91 Å². The van der Waals surface area contributed by atoms with Crippen LogP contribution in [0.25, 0.3) is 0 Å². The number of nitrogens with zero attached hydrogens (tertiary/aromatic N) is 1. The van der Waals surface area contributed by atoms with E-state index in [0.717, 1.165) is 18.7 Å². The first kappa shape index (κ1) is 12.4. The second-order valence-electron chi connectivity index (χ2n) is 3.77. The highest BCUT2D eigenvalue weighted by molar-refractivity contribution is 5.96. The Morgan fingerprint density at radius 1 is 1.50 bits per heavy atom. The molecule has 88 valence electrons. The molecule has 0 atom stereocenters. The van der Waals surface area contributed by atoms with Crippen LogP contribution in [0.1, 0.15) is 23.7 Å². The van der Waals surface area contributed by atoms with Crippen molar-refractivity contribution in [1.82, 2.24) is 5.32 Å². The molecule has 4 nitrogen and oxygen atoms in total. The molecule has 0 saturated heterocycles. The van der Waals surface area contributed by atoms with Crippen molar-refractivity contribution in [2.45, 2.75) is 13.3 Å². The van der Waals surface area contributed by atoms with Crippen molar-refractivity contribution in [1.29, 1.82) is 0 Å². The van der Waals surface area contributed by atoms with E-state index in [0.29, 0.717) is 11.3 Å². The largest absolute Gasteiger partial charge is 0.397 e. The van der Waals surface area contributed by atoms with Crippen molar-refractivity contribution in [2.75, 3.05) is 31.3 Å². The fourth-order valence-corrected chi connectivity index (χ4v) is 1.62.